The number of aromatic nitrogens is 2. The van der Waals surface area contributed by atoms with E-state index in [4.69, 9.17) is 5.73 Å². The molecule has 2 aliphatic rings. The van der Waals surface area contributed by atoms with Crippen LogP contribution in [0.2, 0.25) is 0 Å². The van der Waals surface area contributed by atoms with Gasteiger partial charge in [0.05, 0.1) is 11.0 Å². The van der Waals surface area contributed by atoms with Crippen LogP contribution in [0.4, 0.5) is 5.95 Å². The zero-order valence-corrected chi connectivity index (χ0v) is 11.8. The first-order valence-electron chi connectivity index (χ1n) is 6.59. The Morgan fingerprint density at radius 1 is 1.39 bits per heavy atom. The summed E-state index contributed by atoms with van der Waals surface area (Å²) in [6.07, 6.45) is 5.57. The molecule has 2 aromatic rings. The van der Waals surface area contributed by atoms with Crippen molar-refractivity contribution in [1.29, 1.82) is 0 Å². The van der Waals surface area contributed by atoms with E-state index in [0.717, 1.165) is 22.5 Å². The lowest BCUT2D eigenvalue weighted by atomic mass is 10.0. The number of fused-ring (bicyclic) bond motifs is 1. The van der Waals surface area contributed by atoms with E-state index in [-0.39, 0.29) is 0 Å². The molecule has 0 saturated heterocycles. The normalized spacial score (nSPS) is 21.4. The molecular formula is C14H16BrN3. The quantitative estimate of drug-likeness (QED) is 0.942. The Hall–Kier alpha value is -1.03. The Balaban J connectivity index is 1.77. The minimum absolute atomic E-state index is 0.550. The highest BCUT2D eigenvalue weighted by Crippen LogP contribution is 2.62. The fraction of sp³-hybridized carbons (Fsp3) is 0.500. The van der Waals surface area contributed by atoms with Gasteiger partial charge in [-0.25, -0.2) is 4.98 Å². The van der Waals surface area contributed by atoms with Crippen molar-refractivity contribution in [2.75, 3.05) is 5.73 Å². The topological polar surface area (TPSA) is 43.8 Å². The number of nitrogen functional groups attached to an aromatic ring is 1. The predicted molar refractivity (Wildman–Crippen MR) is 76.2 cm³/mol. The average Bonchev–Trinajstić information content (AvgIpc) is 3.20. The van der Waals surface area contributed by atoms with Crippen LogP contribution in [-0.4, -0.2) is 9.55 Å². The van der Waals surface area contributed by atoms with Gasteiger partial charge in [0.15, 0.2) is 0 Å². The highest BCUT2D eigenvalue weighted by molar-refractivity contribution is 9.10. The number of rotatable bonds is 3. The average molecular weight is 306 g/mol. The molecule has 3 nitrogen and oxygen atoms in total. The van der Waals surface area contributed by atoms with E-state index in [2.05, 4.69) is 37.6 Å². The Morgan fingerprint density at radius 2 is 2.17 bits per heavy atom. The maximum atomic E-state index is 6.10. The first-order chi connectivity index (χ1) is 8.68. The van der Waals surface area contributed by atoms with E-state index in [1.54, 1.807) is 0 Å². The summed E-state index contributed by atoms with van der Waals surface area (Å²) in [6, 6.07) is 6.22. The predicted octanol–water partition coefficient (Wildman–Crippen LogP) is 3.57. The van der Waals surface area contributed by atoms with Crippen molar-refractivity contribution >= 4 is 32.9 Å². The van der Waals surface area contributed by atoms with Crippen LogP contribution >= 0.6 is 15.9 Å². The lowest BCUT2D eigenvalue weighted by molar-refractivity contribution is 0.377. The van der Waals surface area contributed by atoms with Gasteiger partial charge in [0.2, 0.25) is 5.95 Å². The number of anilines is 1. The van der Waals surface area contributed by atoms with E-state index >= 15 is 0 Å². The number of nitrogens with two attached hydrogens (primary N) is 1. The van der Waals surface area contributed by atoms with Crippen molar-refractivity contribution < 1.29 is 0 Å². The third-order valence-corrected chi connectivity index (χ3v) is 5.04. The van der Waals surface area contributed by atoms with Gasteiger partial charge in [0.25, 0.3) is 0 Å². The molecule has 4 heteroatoms. The second-order valence-corrected chi connectivity index (χ2v) is 6.74. The molecule has 0 aliphatic heterocycles. The number of hydrogen-bond acceptors (Lipinski definition) is 2. The van der Waals surface area contributed by atoms with Gasteiger partial charge in [0.1, 0.15) is 0 Å². The monoisotopic (exact) mass is 305 g/mol. The molecule has 0 radical (unpaired) electrons. The summed E-state index contributed by atoms with van der Waals surface area (Å²) in [7, 11) is 0. The van der Waals surface area contributed by atoms with Gasteiger partial charge in [-0.15, -0.1) is 0 Å². The maximum Gasteiger partial charge on any atom is 0.201 e. The minimum atomic E-state index is 0.550. The van der Waals surface area contributed by atoms with Gasteiger partial charge in [-0.1, -0.05) is 15.9 Å². The fourth-order valence-electron chi connectivity index (χ4n) is 3.15. The van der Waals surface area contributed by atoms with E-state index < -0.39 is 0 Å². The van der Waals surface area contributed by atoms with Gasteiger partial charge in [0, 0.05) is 11.0 Å². The van der Waals surface area contributed by atoms with E-state index in [1.807, 2.05) is 6.07 Å². The third kappa shape index (κ3) is 1.58. The molecule has 1 heterocycles. The summed E-state index contributed by atoms with van der Waals surface area (Å²) in [5.41, 5.74) is 8.81. The molecule has 0 amide bonds. The molecular weight excluding hydrogens is 290 g/mol. The molecule has 94 valence electrons. The summed E-state index contributed by atoms with van der Waals surface area (Å²) < 4.78 is 3.27. The van der Waals surface area contributed by atoms with Crippen LogP contribution in [0, 0.1) is 11.3 Å². The number of hydrogen-bond donors (Lipinski definition) is 1. The van der Waals surface area contributed by atoms with Crippen molar-refractivity contribution in [2.24, 2.45) is 11.3 Å². The molecule has 2 saturated carbocycles. The summed E-state index contributed by atoms with van der Waals surface area (Å²) in [6.45, 7) is 1.06. The van der Waals surface area contributed by atoms with Crippen LogP contribution in [-0.2, 0) is 6.54 Å². The van der Waals surface area contributed by atoms with Crippen LogP contribution in [0.1, 0.15) is 25.7 Å². The Morgan fingerprint density at radius 3 is 2.83 bits per heavy atom. The number of imidazole rings is 1. The molecule has 1 aromatic heterocycles. The molecule has 0 atom stereocenters. The highest BCUT2D eigenvalue weighted by Gasteiger charge is 2.54. The molecule has 2 N–H and O–H groups in total. The lowest BCUT2D eigenvalue weighted by Crippen LogP contribution is -2.15. The van der Waals surface area contributed by atoms with Gasteiger partial charge in [-0.3, -0.25) is 0 Å². The molecule has 0 spiro atoms. The molecule has 0 unspecified atom stereocenters. The van der Waals surface area contributed by atoms with Crippen LogP contribution in [0.25, 0.3) is 11.0 Å². The van der Waals surface area contributed by atoms with Crippen molar-refractivity contribution in [1.82, 2.24) is 9.55 Å². The minimum Gasteiger partial charge on any atom is -0.369 e. The first kappa shape index (κ1) is 10.9. The smallest absolute Gasteiger partial charge is 0.201 e. The molecule has 4 rings (SSSR count). The van der Waals surface area contributed by atoms with Crippen molar-refractivity contribution in [3.05, 3.63) is 22.7 Å². The first-order valence-corrected chi connectivity index (χ1v) is 7.39. The van der Waals surface area contributed by atoms with Crippen molar-refractivity contribution in [3.8, 4) is 0 Å². The Kier molecular flexibility index (Phi) is 2.11. The molecule has 2 aliphatic carbocycles. The Labute approximate surface area is 115 Å². The summed E-state index contributed by atoms with van der Waals surface area (Å²) in [5.74, 6) is 1.61. The molecule has 18 heavy (non-hydrogen) atoms. The van der Waals surface area contributed by atoms with Gasteiger partial charge < -0.3 is 10.3 Å². The second kappa shape index (κ2) is 3.50. The van der Waals surface area contributed by atoms with E-state index in [0.29, 0.717) is 11.4 Å². The SMILES string of the molecule is Nc1nc2cc(Br)ccc2n1CC1(C2CC2)CC1. The Bertz CT molecular complexity index is 623. The van der Waals surface area contributed by atoms with Gasteiger partial charge in [-0.05, 0) is 55.2 Å². The van der Waals surface area contributed by atoms with Crippen LogP contribution in [0.15, 0.2) is 22.7 Å². The number of halogens is 1. The summed E-state index contributed by atoms with van der Waals surface area (Å²) in [4.78, 5) is 4.48. The van der Waals surface area contributed by atoms with Gasteiger partial charge in [-0.2, -0.15) is 0 Å². The van der Waals surface area contributed by atoms with Crippen LogP contribution in [0.5, 0.6) is 0 Å². The largest absolute Gasteiger partial charge is 0.369 e. The fourth-order valence-corrected chi connectivity index (χ4v) is 3.50. The zero-order valence-electron chi connectivity index (χ0n) is 10.2. The van der Waals surface area contributed by atoms with Crippen LogP contribution in [0.3, 0.4) is 0 Å². The van der Waals surface area contributed by atoms with E-state index in [1.165, 1.54) is 31.2 Å². The van der Waals surface area contributed by atoms with Crippen molar-refractivity contribution in [3.63, 3.8) is 0 Å². The summed E-state index contributed by atoms with van der Waals surface area (Å²) in [5, 5.41) is 0. The van der Waals surface area contributed by atoms with Gasteiger partial charge >= 0.3 is 0 Å². The maximum absolute atomic E-state index is 6.10. The number of nitrogens with zero attached hydrogens (tertiary/aromatic N) is 2. The van der Waals surface area contributed by atoms with E-state index in [9.17, 15) is 0 Å². The second-order valence-electron chi connectivity index (χ2n) is 5.83. The highest BCUT2D eigenvalue weighted by atomic mass is 79.9. The molecule has 2 fully saturated rings. The lowest BCUT2D eigenvalue weighted by Gasteiger charge is -2.16. The molecule has 0 bridgehead atoms. The van der Waals surface area contributed by atoms with Crippen LogP contribution < -0.4 is 5.73 Å². The number of benzene rings is 1. The third-order valence-electron chi connectivity index (χ3n) is 4.55. The molecule has 1 aromatic carbocycles. The van der Waals surface area contributed by atoms with Crippen molar-refractivity contribution in [2.45, 2.75) is 32.2 Å². The summed E-state index contributed by atoms with van der Waals surface area (Å²) >= 11 is 3.48. The zero-order chi connectivity index (χ0) is 12.3. The standard InChI is InChI=1S/C14H16BrN3/c15-10-3-4-12-11(7-10)17-13(16)18(12)8-14(5-6-14)9-1-2-9/h3-4,7,9H,1-2,5-6,8H2,(H2,16,17).